The monoisotopic (exact) mass is 254 g/mol. The molecule has 0 aliphatic rings. The van der Waals surface area contributed by atoms with E-state index in [-0.39, 0.29) is 0 Å². The molecular weight excluding hydrogens is 236 g/mol. The molecule has 0 aliphatic carbocycles. The molecule has 1 heterocycles. The minimum Gasteiger partial charge on any atom is -0.135 e. The molecule has 2 aromatic carbocycles. The predicted molar refractivity (Wildman–Crippen MR) is 82.9 cm³/mol. The van der Waals surface area contributed by atoms with Crippen LogP contribution in [0.2, 0.25) is 0 Å². The number of hydrogen-bond donors (Lipinski definition) is 0. The topological polar surface area (TPSA) is 0 Å². The third-order valence-electron chi connectivity index (χ3n) is 3.84. The van der Waals surface area contributed by atoms with E-state index >= 15 is 0 Å². The average molecular weight is 254 g/mol. The van der Waals surface area contributed by atoms with Gasteiger partial charge in [0.15, 0.2) is 0 Å². The molecule has 0 saturated heterocycles. The lowest BCUT2D eigenvalue weighted by atomic mass is 9.99. The van der Waals surface area contributed by atoms with Gasteiger partial charge in [0, 0.05) is 20.2 Å². The quantitative estimate of drug-likeness (QED) is 0.515. The first-order chi connectivity index (χ1) is 8.59. The van der Waals surface area contributed by atoms with Gasteiger partial charge in [-0.05, 0) is 36.5 Å². The van der Waals surface area contributed by atoms with Gasteiger partial charge in [0.25, 0.3) is 0 Å². The molecule has 0 spiro atoms. The summed E-state index contributed by atoms with van der Waals surface area (Å²) in [5.74, 6) is 0.586. The maximum absolute atomic E-state index is 2.28. The summed E-state index contributed by atoms with van der Waals surface area (Å²) in [7, 11) is 0. The van der Waals surface area contributed by atoms with E-state index in [1.165, 1.54) is 36.9 Å². The van der Waals surface area contributed by atoms with E-state index in [4.69, 9.17) is 0 Å². The van der Waals surface area contributed by atoms with Crippen LogP contribution in [0.15, 0.2) is 30.3 Å². The molecule has 0 amide bonds. The number of hydrogen-bond acceptors (Lipinski definition) is 1. The number of benzene rings is 2. The van der Waals surface area contributed by atoms with Crippen molar-refractivity contribution in [2.24, 2.45) is 0 Å². The Labute approximate surface area is 112 Å². The fourth-order valence-corrected chi connectivity index (χ4v) is 4.09. The standard InChI is InChI=1S/C17H18S/c1-10(2)13-6-5-7-14-15-9-8-11(3)12(4)16(15)18-17(13)14/h5-10H,1-4H3. The maximum atomic E-state index is 2.28. The van der Waals surface area contributed by atoms with Crippen LogP contribution >= 0.6 is 11.3 Å². The summed E-state index contributed by atoms with van der Waals surface area (Å²) >= 11 is 1.96. The van der Waals surface area contributed by atoms with Crippen molar-refractivity contribution in [3.05, 3.63) is 47.0 Å². The Balaban J connectivity index is 2.50. The molecule has 0 unspecified atom stereocenters. The zero-order valence-corrected chi connectivity index (χ0v) is 12.2. The van der Waals surface area contributed by atoms with Crippen molar-refractivity contribution < 1.29 is 0 Å². The molecule has 0 aliphatic heterocycles. The summed E-state index contributed by atoms with van der Waals surface area (Å²) in [4.78, 5) is 0. The van der Waals surface area contributed by atoms with Gasteiger partial charge >= 0.3 is 0 Å². The van der Waals surface area contributed by atoms with Gasteiger partial charge in [-0.15, -0.1) is 11.3 Å². The molecule has 1 heteroatoms. The van der Waals surface area contributed by atoms with Gasteiger partial charge in [0.2, 0.25) is 0 Å². The van der Waals surface area contributed by atoms with E-state index in [0.717, 1.165) is 0 Å². The fourth-order valence-electron chi connectivity index (χ4n) is 2.57. The van der Waals surface area contributed by atoms with Gasteiger partial charge in [-0.25, -0.2) is 0 Å². The highest BCUT2D eigenvalue weighted by molar-refractivity contribution is 7.26. The van der Waals surface area contributed by atoms with Crippen LogP contribution in [0.3, 0.4) is 0 Å². The van der Waals surface area contributed by atoms with Crippen LogP contribution in [0.25, 0.3) is 20.2 Å². The Morgan fingerprint density at radius 2 is 1.61 bits per heavy atom. The van der Waals surface area contributed by atoms with Crippen LogP contribution in [0, 0.1) is 13.8 Å². The molecule has 1 aromatic heterocycles. The fraction of sp³-hybridized carbons (Fsp3) is 0.294. The summed E-state index contributed by atoms with van der Waals surface area (Å²) in [5, 5.41) is 2.84. The van der Waals surface area contributed by atoms with Crippen LogP contribution in [0.4, 0.5) is 0 Å². The molecule has 18 heavy (non-hydrogen) atoms. The Bertz CT molecular complexity index is 732. The first kappa shape index (κ1) is 11.7. The summed E-state index contributed by atoms with van der Waals surface area (Å²) < 4.78 is 2.93. The van der Waals surface area contributed by atoms with Crippen LogP contribution in [-0.2, 0) is 0 Å². The van der Waals surface area contributed by atoms with Gasteiger partial charge in [-0.2, -0.15) is 0 Å². The van der Waals surface area contributed by atoms with Crippen molar-refractivity contribution >= 4 is 31.5 Å². The second-order valence-electron chi connectivity index (χ2n) is 5.36. The van der Waals surface area contributed by atoms with E-state index in [9.17, 15) is 0 Å². The molecular formula is C17H18S. The highest BCUT2D eigenvalue weighted by atomic mass is 32.1. The van der Waals surface area contributed by atoms with Crippen LogP contribution in [0.5, 0.6) is 0 Å². The Morgan fingerprint density at radius 3 is 2.33 bits per heavy atom. The first-order valence-electron chi connectivity index (χ1n) is 6.51. The number of thiophene rings is 1. The normalized spacial score (nSPS) is 11.8. The van der Waals surface area contributed by atoms with E-state index in [0.29, 0.717) is 5.92 Å². The highest BCUT2D eigenvalue weighted by Gasteiger charge is 2.12. The van der Waals surface area contributed by atoms with Gasteiger partial charge in [0.1, 0.15) is 0 Å². The zero-order chi connectivity index (χ0) is 12.9. The Kier molecular flexibility index (Phi) is 2.67. The third-order valence-corrected chi connectivity index (χ3v) is 5.23. The van der Waals surface area contributed by atoms with E-state index < -0.39 is 0 Å². The van der Waals surface area contributed by atoms with Crippen molar-refractivity contribution in [1.82, 2.24) is 0 Å². The van der Waals surface area contributed by atoms with Crippen LogP contribution in [0.1, 0.15) is 36.5 Å². The van der Waals surface area contributed by atoms with Gasteiger partial charge < -0.3 is 0 Å². The van der Waals surface area contributed by atoms with Crippen molar-refractivity contribution in [2.75, 3.05) is 0 Å². The molecule has 3 rings (SSSR count). The van der Waals surface area contributed by atoms with Gasteiger partial charge in [-0.1, -0.05) is 44.2 Å². The number of aryl methyl sites for hydroxylation is 2. The lowest BCUT2D eigenvalue weighted by molar-refractivity contribution is 0.878. The first-order valence-corrected chi connectivity index (χ1v) is 7.32. The molecule has 0 nitrogen and oxygen atoms in total. The van der Waals surface area contributed by atoms with Gasteiger partial charge in [-0.3, -0.25) is 0 Å². The van der Waals surface area contributed by atoms with E-state index in [1.807, 2.05) is 11.3 Å². The maximum Gasteiger partial charge on any atom is 0.0390 e. The smallest absolute Gasteiger partial charge is 0.0390 e. The minimum atomic E-state index is 0.586. The molecule has 0 bridgehead atoms. The van der Waals surface area contributed by atoms with E-state index in [1.54, 1.807) is 0 Å². The Hall–Kier alpha value is -1.34. The van der Waals surface area contributed by atoms with Crippen molar-refractivity contribution in [3.63, 3.8) is 0 Å². The second kappa shape index (κ2) is 4.10. The van der Waals surface area contributed by atoms with Crippen molar-refractivity contribution in [2.45, 2.75) is 33.6 Å². The predicted octanol–water partition coefficient (Wildman–Crippen LogP) is 5.79. The number of rotatable bonds is 1. The highest BCUT2D eigenvalue weighted by Crippen LogP contribution is 2.40. The minimum absolute atomic E-state index is 0.586. The summed E-state index contributed by atoms with van der Waals surface area (Å²) in [6, 6.07) is 11.2. The van der Waals surface area contributed by atoms with Crippen molar-refractivity contribution in [1.29, 1.82) is 0 Å². The SMILES string of the molecule is Cc1ccc2c(sc3c(C(C)C)cccc32)c1C. The molecule has 0 atom stereocenters. The van der Waals surface area contributed by atoms with Gasteiger partial charge in [0.05, 0.1) is 0 Å². The molecule has 0 fully saturated rings. The number of fused-ring (bicyclic) bond motifs is 3. The molecule has 0 saturated carbocycles. The zero-order valence-electron chi connectivity index (χ0n) is 11.4. The van der Waals surface area contributed by atoms with Crippen LogP contribution < -0.4 is 0 Å². The summed E-state index contributed by atoms with van der Waals surface area (Å²) in [5.41, 5.74) is 4.30. The third kappa shape index (κ3) is 1.58. The lowest BCUT2D eigenvalue weighted by Crippen LogP contribution is -1.85. The molecule has 3 aromatic rings. The van der Waals surface area contributed by atoms with Crippen molar-refractivity contribution in [3.8, 4) is 0 Å². The second-order valence-corrected chi connectivity index (χ2v) is 6.39. The molecule has 0 radical (unpaired) electrons. The van der Waals surface area contributed by atoms with Crippen LogP contribution in [-0.4, -0.2) is 0 Å². The molecule has 92 valence electrons. The summed E-state index contributed by atoms with van der Waals surface area (Å²) in [6.45, 7) is 8.99. The summed E-state index contributed by atoms with van der Waals surface area (Å²) in [6.07, 6.45) is 0. The Morgan fingerprint density at radius 1 is 0.889 bits per heavy atom. The lowest BCUT2D eigenvalue weighted by Gasteiger charge is -2.05. The van der Waals surface area contributed by atoms with E-state index in [2.05, 4.69) is 58.0 Å². The largest absolute Gasteiger partial charge is 0.135 e. The average Bonchev–Trinajstić information content (AvgIpc) is 2.72. The molecule has 0 N–H and O–H groups in total.